The molecule has 0 amide bonds. The van der Waals surface area contributed by atoms with Crippen molar-refractivity contribution in [2.45, 2.75) is 69.4 Å². The number of hydrogen-bond acceptors (Lipinski definition) is 4. The molecular weight excluding hydrogens is 350 g/mol. The van der Waals surface area contributed by atoms with Gasteiger partial charge in [-0.3, -0.25) is 4.79 Å². The molecule has 3 aliphatic rings. The van der Waals surface area contributed by atoms with E-state index in [-0.39, 0.29) is 11.6 Å². The molecule has 5 nitrogen and oxygen atoms in total. The van der Waals surface area contributed by atoms with Crippen LogP contribution >= 0.6 is 0 Å². The van der Waals surface area contributed by atoms with Crippen LogP contribution in [0.25, 0.3) is 0 Å². The number of hydrogen-bond donors (Lipinski definition) is 1. The van der Waals surface area contributed by atoms with E-state index in [9.17, 15) is 4.79 Å². The number of aryl methyl sites for hydroxylation is 2. The molecule has 2 aliphatic carbocycles. The number of aromatic nitrogens is 2. The zero-order valence-corrected chi connectivity index (χ0v) is 16.4. The van der Waals surface area contributed by atoms with Gasteiger partial charge in [0.25, 0.3) is 5.56 Å². The van der Waals surface area contributed by atoms with Crippen LogP contribution < -0.4 is 15.6 Å². The standard InChI is InChI=1S/C23H29N3O2/c27-23-14-16-4-3-6-21(16)25-26(23)19-10-8-18(9-11-19)24-15-17-12-13-28-22-7-2-1-5-20(17)22/h1-2,5,7,14,17-19,24H,3-4,6,8-13,15H2. The Morgan fingerprint density at radius 1 is 1.11 bits per heavy atom. The van der Waals surface area contributed by atoms with E-state index in [1.165, 1.54) is 11.1 Å². The zero-order chi connectivity index (χ0) is 18.9. The van der Waals surface area contributed by atoms with Gasteiger partial charge in [-0.25, -0.2) is 4.68 Å². The lowest BCUT2D eigenvalue weighted by atomic mass is 9.89. The Kier molecular flexibility index (Phi) is 4.93. The van der Waals surface area contributed by atoms with Gasteiger partial charge in [0.2, 0.25) is 0 Å². The molecular formula is C23H29N3O2. The van der Waals surface area contributed by atoms with Crippen LogP contribution in [0, 0.1) is 0 Å². The van der Waals surface area contributed by atoms with Gasteiger partial charge in [-0.05, 0) is 68.6 Å². The molecule has 28 heavy (non-hydrogen) atoms. The highest BCUT2D eigenvalue weighted by molar-refractivity contribution is 5.38. The van der Waals surface area contributed by atoms with Crippen LogP contribution in [-0.4, -0.2) is 29.0 Å². The Balaban J connectivity index is 1.18. The number of benzene rings is 1. The van der Waals surface area contributed by atoms with Crippen molar-refractivity contribution < 1.29 is 4.74 Å². The second-order valence-electron chi connectivity index (χ2n) is 8.54. The van der Waals surface area contributed by atoms with Gasteiger partial charge in [0.15, 0.2) is 0 Å². The lowest BCUT2D eigenvalue weighted by molar-refractivity contribution is 0.244. The highest BCUT2D eigenvalue weighted by Gasteiger charge is 2.27. The zero-order valence-electron chi connectivity index (χ0n) is 16.4. The smallest absolute Gasteiger partial charge is 0.267 e. The molecule has 0 saturated heterocycles. The van der Waals surface area contributed by atoms with Gasteiger partial charge < -0.3 is 10.1 Å². The number of para-hydroxylation sites is 1. The second-order valence-corrected chi connectivity index (χ2v) is 8.54. The van der Waals surface area contributed by atoms with Gasteiger partial charge >= 0.3 is 0 Å². The SMILES string of the molecule is O=c1cc2c(nn1C1CCC(NCC3CCOc4ccccc43)CC1)CCC2. The van der Waals surface area contributed by atoms with Crippen molar-refractivity contribution in [3.63, 3.8) is 0 Å². The maximum atomic E-state index is 12.5. The summed E-state index contributed by atoms with van der Waals surface area (Å²) in [6.07, 6.45) is 8.55. The highest BCUT2D eigenvalue weighted by atomic mass is 16.5. The summed E-state index contributed by atoms with van der Waals surface area (Å²) in [6, 6.07) is 11.1. The van der Waals surface area contributed by atoms with Crippen molar-refractivity contribution in [3.05, 3.63) is 57.5 Å². The minimum Gasteiger partial charge on any atom is -0.493 e. The van der Waals surface area contributed by atoms with E-state index in [1.807, 2.05) is 12.1 Å². The molecule has 1 N–H and O–H groups in total. The van der Waals surface area contributed by atoms with Crippen molar-refractivity contribution in [1.82, 2.24) is 15.1 Å². The predicted molar refractivity (Wildman–Crippen MR) is 109 cm³/mol. The first-order chi connectivity index (χ1) is 13.8. The number of ether oxygens (including phenoxy) is 1. The fourth-order valence-electron chi connectivity index (χ4n) is 5.14. The third kappa shape index (κ3) is 3.48. The number of fused-ring (bicyclic) bond motifs is 2. The Hall–Kier alpha value is -2.14. The highest BCUT2D eigenvalue weighted by Crippen LogP contribution is 2.34. The fraction of sp³-hybridized carbons (Fsp3) is 0.565. The molecule has 0 radical (unpaired) electrons. The normalized spacial score (nSPS) is 26.4. The van der Waals surface area contributed by atoms with Gasteiger partial charge in [-0.1, -0.05) is 18.2 Å². The van der Waals surface area contributed by atoms with E-state index in [2.05, 4.69) is 23.5 Å². The van der Waals surface area contributed by atoms with Crippen LogP contribution in [0.1, 0.15) is 67.3 Å². The summed E-state index contributed by atoms with van der Waals surface area (Å²) >= 11 is 0. The molecule has 1 saturated carbocycles. The quantitative estimate of drug-likeness (QED) is 0.885. The molecule has 1 aromatic carbocycles. The van der Waals surface area contributed by atoms with E-state index in [0.29, 0.717) is 12.0 Å². The van der Waals surface area contributed by atoms with Gasteiger partial charge in [-0.15, -0.1) is 0 Å². The number of rotatable bonds is 4. The van der Waals surface area contributed by atoms with Crippen LogP contribution in [-0.2, 0) is 12.8 Å². The van der Waals surface area contributed by atoms with Crippen LogP contribution in [0.5, 0.6) is 5.75 Å². The fourth-order valence-corrected chi connectivity index (χ4v) is 5.14. The van der Waals surface area contributed by atoms with Crippen LogP contribution in [0.4, 0.5) is 0 Å². The first-order valence-corrected chi connectivity index (χ1v) is 10.8. The molecule has 1 fully saturated rings. The molecule has 1 unspecified atom stereocenters. The lowest BCUT2D eigenvalue weighted by Crippen LogP contribution is -2.39. The summed E-state index contributed by atoms with van der Waals surface area (Å²) in [5.74, 6) is 1.58. The molecule has 148 valence electrons. The Bertz CT molecular complexity index is 899. The van der Waals surface area contributed by atoms with E-state index < -0.39 is 0 Å². The van der Waals surface area contributed by atoms with Crippen LogP contribution in [0.3, 0.4) is 0 Å². The maximum Gasteiger partial charge on any atom is 0.267 e. The molecule has 2 aromatic rings. The average Bonchev–Trinajstić information content (AvgIpc) is 3.19. The van der Waals surface area contributed by atoms with Gasteiger partial charge in [0.05, 0.1) is 18.3 Å². The average molecular weight is 380 g/mol. The summed E-state index contributed by atoms with van der Waals surface area (Å²) < 4.78 is 7.57. The van der Waals surface area contributed by atoms with E-state index in [1.54, 1.807) is 4.68 Å². The molecule has 1 aromatic heterocycles. The molecule has 5 rings (SSSR count). The molecule has 1 aliphatic heterocycles. The summed E-state index contributed by atoms with van der Waals surface area (Å²) in [5, 5.41) is 8.51. The molecule has 2 heterocycles. The molecule has 1 atom stereocenters. The van der Waals surface area contributed by atoms with Gasteiger partial charge in [0, 0.05) is 24.6 Å². The van der Waals surface area contributed by atoms with Crippen molar-refractivity contribution in [2.24, 2.45) is 0 Å². The topological polar surface area (TPSA) is 56.2 Å². The second kappa shape index (κ2) is 7.70. The van der Waals surface area contributed by atoms with Crippen molar-refractivity contribution in [3.8, 4) is 5.75 Å². The number of nitrogens with one attached hydrogen (secondary N) is 1. The van der Waals surface area contributed by atoms with E-state index in [0.717, 1.165) is 76.0 Å². The largest absolute Gasteiger partial charge is 0.493 e. The first-order valence-electron chi connectivity index (χ1n) is 10.8. The molecule has 0 bridgehead atoms. The predicted octanol–water partition coefficient (Wildman–Crippen LogP) is 3.37. The minimum atomic E-state index is 0.0934. The van der Waals surface area contributed by atoms with Crippen LogP contribution in [0.15, 0.2) is 35.1 Å². The van der Waals surface area contributed by atoms with Crippen molar-refractivity contribution >= 4 is 0 Å². The summed E-state index contributed by atoms with van der Waals surface area (Å²) in [6.45, 7) is 1.82. The number of nitrogens with zero attached hydrogens (tertiary/aromatic N) is 2. The van der Waals surface area contributed by atoms with Crippen LogP contribution in [0.2, 0.25) is 0 Å². The Morgan fingerprint density at radius 2 is 1.96 bits per heavy atom. The van der Waals surface area contributed by atoms with E-state index in [4.69, 9.17) is 9.84 Å². The maximum absolute atomic E-state index is 12.5. The summed E-state index contributed by atoms with van der Waals surface area (Å²) in [4.78, 5) is 12.5. The van der Waals surface area contributed by atoms with Crippen molar-refractivity contribution in [2.75, 3.05) is 13.2 Å². The monoisotopic (exact) mass is 379 g/mol. The summed E-state index contributed by atoms with van der Waals surface area (Å²) in [7, 11) is 0. The van der Waals surface area contributed by atoms with Gasteiger partial charge in [-0.2, -0.15) is 5.10 Å². The third-order valence-corrected chi connectivity index (χ3v) is 6.76. The van der Waals surface area contributed by atoms with E-state index >= 15 is 0 Å². The molecule has 0 spiro atoms. The van der Waals surface area contributed by atoms with Crippen molar-refractivity contribution in [1.29, 1.82) is 0 Å². The lowest BCUT2D eigenvalue weighted by Gasteiger charge is -2.32. The molecule has 5 heteroatoms. The third-order valence-electron chi connectivity index (χ3n) is 6.76. The Morgan fingerprint density at radius 3 is 2.86 bits per heavy atom. The van der Waals surface area contributed by atoms with Gasteiger partial charge in [0.1, 0.15) is 5.75 Å². The first kappa shape index (κ1) is 17.9. The summed E-state index contributed by atoms with van der Waals surface area (Å²) in [5.41, 5.74) is 3.76. The minimum absolute atomic E-state index is 0.0934. The Labute approximate surface area is 166 Å².